The minimum Gasteiger partial charge on any atom is -0.350 e. The van der Waals surface area contributed by atoms with Crippen molar-refractivity contribution >= 4 is 29.1 Å². The third-order valence-electron chi connectivity index (χ3n) is 3.94. The molecule has 2 heterocycles. The summed E-state index contributed by atoms with van der Waals surface area (Å²) in [6, 6.07) is 4.91. The molecule has 0 atom stereocenters. The van der Waals surface area contributed by atoms with Gasteiger partial charge in [-0.15, -0.1) is 0 Å². The van der Waals surface area contributed by atoms with Crippen LogP contribution in [0.5, 0.6) is 0 Å². The fraction of sp³-hybridized carbons (Fsp3) is 0.533. The van der Waals surface area contributed by atoms with E-state index in [4.69, 9.17) is 32.7 Å². The van der Waals surface area contributed by atoms with E-state index in [-0.39, 0.29) is 5.91 Å². The number of carbonyl (C=O) groups excluding carboxylic acids is 1. The summed E-state index contributed by atoms with van der Waals surface area (Å²) < 4.78 is 11.6. The number of benzene rings is 1. The second kappa shape index (κ2) is 6.13. The average Bonchev–Trinajstić information content (AvgIpc) is 2.47. The molecule has 3 rings (SSSR count). The summed E-state index contributed by atoms with van der Waals surface area (Å²) in [6.45, 7) is 2.70. The molecule has 1 aromatic rings. The molecule has 1 spiro atoms. The van der Waals surface area contributed by atoms with Crippen molar-refractivity contribution in [2.75, 3.05) is 26.3 Å². The van der Waals surface area contributed by atoms with Crippen LogP contribution < -0.4 is 0 Å². The summed E-state index contributed by atoms with van der Waals surface area (Å²) in [7, 11) is 0. The van der Waals surface area contributed by atoms with Gasteiger partial charge in [0.2, 0.25) is 0 Å². The zero-order valence-corrected chi connectivity index (χ0v) is 13.1. The van der Waals surface area contributed by atoms with Crippen molar-refractivity contribution in [3.63, 3.8) is 0 Å². The summed E-state index contributed by atoms with van der Waals surface area (Å²) in [4.78, 5) is 14.3. The van der Waals surface area contributed by atoms with E-state index in [1.807, 2.05) is 0 Å². The van der Waals surface area contributed by atoms with Crippen molar-refractivity contribution in [3.8, 4) is 0 Å². The smallest absolute Gasteiger partial charge is 0.253 e. The Labute approximate surface area is 133 Å². The molecule has 2 fully saturated rings. The van der Waals surface area contributed by atoms with Gasteiger partial charge < -0.3 is 14.4 Å². The van der Waals surface area contributed by atoms with Crippen LogP contribution in [-0.2, 0) is 9.47 Å². The summed E-state index contributed by atoms with van der Waals surface area (Å²) in [5, 5.41) is 0.941. The first kappa shape index (κ1) is 15.1. The summed E-state index contributed by atoms with van der Waals surface area (Å²) >= 11 is 11.9. The molecule has 0 bridgehead atoms. The second-order valence-corrected chi connectivity index (χ2v) is 6.28. The number of carbonyl (C=O) groups is 1. The van der Waals surface area contributed by atoms with Gasteiger partial charge in [0.25, 0.3) is 5.91 Å². The van der Waals surface area contributed by atoms with Crippen LogP contribution in [0.25, 0.3) is 0 Å². The highest BCUT2D eigenvalue weighted by atomic mass is 35.5. The summed E-state index contributed by atoms with van der Waals surface area (Å²) in [5.74, 6) is -0.536. The van der Waals surface area contributed by atoms with Crippen molar-refractivity contribution < 1.29 is 14.3 Å². The highest BCUT2D eigenvalue weighted by Gasteiger charge is 2.39. The Morgan fingerprint density at radius 3 is 2.19 bits per heavy atom. The highest BCUT2D eigenvalue weighted by Crippen LogP contribution is 2.31. The number of rotatable bonds is 1. The zero-order valence-electron chi connectivity index (χ0n) is 11.6. The molecule has 0 N–H and O–H groups in total. The van der Waals surface area contributed by atoms with Gasteiger partial charge in [-0.3, -0.25) is 4.79 Å². The van der Waals surface area contributed by atoms with Crippen LogP contribution in [0.15, 0.2) is 18.2 Å². The predicted molar refractivity (Wildman–Crippen MR) is 80.9 cm³/mol. The molecule has 0 aliphatic carbocycles. The fourth-order valence-electron chi connectivity index (χ4n) is 2.82. The van der Waals surface area contributed by atoms with Crippen molar-refractivity contribution in [1.82, 2.24) is 4.90 Å². The van der Waals surface area contributed by atoms with E-state index >= 15 is 0 Å². The molecule has 21 heavy (non-hydrogen) atoms. The van der Waals surface area contributed by atoms with Gasteiger partial charge in [-0.2, -0.15) is 0 Å². The SMILES string of the molecule is O=C(c1cc(Cl)cc(Cl)c1)N1CCC2(CC1)OCCCO2. The number of nitrogens with zero attached hydrogens (tertiary/aromatic N) is 1. The van der Waals surface area contributed by atoms with Gasteiger partial charge in [-0.25, -0.2) is 0 Å². The molecule has 0 unspecified atom stereocenters. The van der Waals surface area contributed by atoms with Crippen LogP contribution in [0.3, 0.4) is 0 Å². The second-order valence-electron chi connectivity index (χ2n) is 5.41. The lowest BCUT2D eigenvalue weighted by molar-refractivity contribution is -0.281. The van der Waals surface area contributed by atoms with Gasteiger partial charge >= 0.3 is 0 Å². The fourth-order valence-corrected chi connectivity index (χ4v) is 3.34. The van der Waals surface area contributed by atoms with Crippen molar-refractivity contribution in [2.45, 2.75) is 25.0 Å². The molecule has 114 valence electrons. The van der Waals surface area contributed by atoms with Gasteiger partial charge in [-0.1, -0.05) is 23.2 Å². The Kier molecular flexibility index (Phi) is 4.41. The Bertz CT molecular complexity index is 513. The van der Waals surface area contributed by atoms with E-state index in [2.05, 4.69) is 0 Å². The third kappa shape index (κ3) is 3.34. The number of piperidine rings is 1. The minimum atomic E-state index is -0.485. The average molecular weight is 330 g/mol. The molecule has 2 saturated heterocycles. The van der Waals surface area contributed by atoms with Gasteiger partial charge in [0, 0.05) is 41.5 Å². The van der Waals surface area contributed by atoms with Gasteiger partial charge in [-0.05, 0) is 24.6 Å². The van der Waals surface area contributed by atoms with Gasteiger partial charge in [0.15, 0.2) is 5.79 Å². The first-order chi connectivity index (χ1) is 10.1. The molecule has 6 heteroatoms. The molecule has 4 nitrogen and oxygen atoms in total. The van der Waals surface area contributed by atoms with Crippen molar-refractivity contribution in [1.29, 1.82) is 0 Å². The van der Waals surface area contributed by atoms with Crippen LogP contribution in [0, 0.1) is 0 Å². The highest BCUT2D eigenvalue weighted by molar-refractivity contribution is 6.35. The van der Waals surface area contributed by atoms with Crippen LogP contribution in [0.2, 0.25) is 10.0 Å². The van der Waals surface area contributed by atoms with E-state index < -0.39 is 5.79 Å². The molecule has 2 aliphatic rings. The molecule has 0 saturated carbocycles. The standard InChI is InChI=1S/C15H17Cl2NO3/c16-12-8-11(9-13(17)10-12)14(19)18-4-2-15(3-5-18)20-6-1-7-21-15/h8-10H,1-7H2. The van der Waals surface area contributed by atoms with Crippen LogP contribution in [0.1, 0.15) is 29.6 Å². The largest absolute Gasteiger partial charge is 0.350 e. The quantitative estimate of drug-likeness (QED) is 0.793. The molecule has 0 aromatic heterocycles. The lowest BCUT2D eigenvalue weighted by atomic mass is 10.0. The van der Waals surface area contributed by atoms with Crippen LogP contribution in [0.4, 0.5) is 0 Å². The molecular formula is C15H17Cl2NO3. The molecular weight excluding hydrogens is 313 g/mol. The minimum absolute atomic E-state index is 0.0509. The summed E-state index contributed by atoms with van der Waals surface area (Å²) in [5.41, 5.74) is 0.522. The molecule has 2 aliphatic heterocycles. The number of amides is 1. The Morgan fingerprint density at radius 1 is 1.05 bits per heavy atom. The maximum absolute atomic E-state index is 12.5. The monoisotopic (exact) mass is 329 g/mol. The van der Waals surface area contributed by atoms with Crippen molar-refractivity contribution in [2.24, 2.45) is 0 Å². The topological polar surface area (TPSA) is 38.8 Å². The lowest BCUT2D eigenvalue weighted by Gasteiger charge is -2.43. The van der Waals surface area contributed by atoms with Crippen molar-refractivity contribution in [3.05, 3.63) is 33.8 Å². The van der Waals surface area contributed by atoms with E-state index in [1.165, 1.54) is 0 Å². The number of halogens is 2. The first-order valence-electron chi connectivity index (χ1n) is 7.11. The lowest BCUT2D eigenvalue weighted by Crippen LogP contribution is -2.51. The van der Waals surface area contributed by atoms with Gasteiger partial charge in [0.05, 0.1) is 13.2 Å². The van der Waals surface area contributed by atoms with Gasteiger partial charge in [0.1, 0.15) is 0 Å². The van der Waals surface area contributed by atoms with Crippen LogP contribution >= 0.6 is 23.2 Å². The maximum Gasteiger partial charge on any atom is 0.253 e. The normalized spacial score (nSPS) is 21.5. The van der Waals surface area contributed by atoms with Crippen LogP contribution in [-0.4, -0.2) is 42.9 Å². The third-order valence-corrected chi connectivity index (χ3v) is 4.38. The van der Waals surface area contributed by atoms with E-state index in [1.54, 1.807) is 23.1 Å². The molecule has 1 aromatic carbocycles. The van der Waals surface area contributed by atoms with E-state index in [0.717, 1.165) is 19.6 Å². The Morgan fingerprint density at radius 2 is 1.62 bits per heavy atom. The number of hydrogen-bond donors (Lipinski definition) is 0. The molecule has 1 amide bonds. The predicted octanol–water partition coefficient (Wildman–Crippen LogP) is 3.36. The number of ether oxygens (including phenoxy) is 2. The van der Waals surface area contributed by atoms with E-state index in [0.29, 0.717) is 41.5 Å². The number of hydrogen-bond acceptors (Lipinski definition) is 3. The molecule has 0 radical (unpaired) electrons. The first-order valence-corrected chi connectivity index (χ1v) is 7.87. The Hall–Kier alpha value is -0.810. The zero-order chi connectivity index (χ0) is 14.9. The Balaban J connectivity index is 1.67. The van der Waals surface area contributed by atoms with E-state index in [9.17, 15) is 4.79 Å². The maximum atomic E-state index is 12.5. The number of likely N-dealkylation sites (tertiary alicyclic amines) is 1. The summed E-state index contributed by atoms with van der Waals surface area (Å²) in [6.07, 6.45) is 2.34.